The highest BCUT2D eigenvalue weighted by Gasteiger charge is 2.23. The lowest BCUT2D eigenvalue weighted by molar-refractivity contribution is -0.384. The van der Waals surface area contributed by atoms with E-state index >= 15 is 0 Å². The lowest BCUT2D eigenvalue weighted by atomic mass is 10.2. The largest absolute Gasteiger partial charge is 0.378 e. The third kappa shape index (κ3) is 5.54. The second-order valence-electron chi connectivity index (χ2n) is 8.02. The van der Waals surface area contributed by atoms with Crippen LogP contribution in [0.2, 0.25) is 0 Å². The molecule has 2 heterocycles. The highest BCUT2D eigenvalue weighted by atomic mass is 16.6. The standard InChI is InChI=1S/C23H29N5O4/c29-23(24-19-5-7-20(8-6-19)26-15-17-32-18-16-26)9-10-25-11-13-27(14-12-25)21-3-1-2-4-22(21)28(30)31/h1-8H,9-18H2,(H,24,29). The Kier molecular flexibility index (Phi) is 7.18. The first-order chi connectivity index (χ1) is 15.6. The fraction of sp³-hybridized carbons (Fsp3) is 0.435. The number of nitrogens with one attached hydrogen (secondary N) is 1. The Morgan fingerprint density at radius 3 is 2.31 bits per heavy atom. The van der Waals surface area contributed by atoms with Crippen LogP contribution in [0.15, 0.2) is 48.5 Å². The van der Waals surface area contributed by atoms with E-state index in [-0.39, 0.29) is 16.5 Å². The predicted octanol–water partition coefficient (Wildman–Crippen LogP) is 2.58. The van der Waals surface area contributed by atoms with Gasteiger partial charge >= 0.3 is 0 Å². The molecule has 32 heavy (non-hydrogen) atoms. The van der Waals surface area contributed by atoms with Crippen molar-refractivity contribution in [2.24, 2.45) is 0 Å². The van der Waals surface area contributed by atoms with E-state index in [1.807, 2.05) is 35.2 Å². The summed E-state index contributed by atoms with van der Waals surface area (Å²) in [5, 5.41) is 14.2. The summed E-state index contributed by atoms with van der Waals surface area (Å²) in [7, 11) is 0. The molecular weight excluding hydrogens is 410 g/mol. The molecule has 170 valence electrons. The second kappa shape index (κ2) is 10.4. The Morgan fingerprint density at radius 2 is 1.62 bits per heavy atom. The molecule has 0 bridgehead atoms. The molecular formula is C23H29N5O4. The van der Waals surface area contributed by atoms with E-state index < -0.39 is 0 Å². The molecule has 1 amide bonds. The molecule has 0 atom stereocenters. The van der Waals surface area contributed by atoms with Gasteiger partial charge in [-0.3, -0.25) is 19.8 Å². The highest BCUT2D eigenvalue weighted by Crippen LogP contribution is 2.28. The molecule has 1 N–H and O–H groups in total. The van der Waals surface area contributed by atoms with Gasteiger partial charge in [-0.15, -0.1) is 0 Å². The van der Waals surface area contributed by atoms with Crippen molar-refractivity contribution in [3.8, 4) is 0 Å². The van der Waals surface area contributed by atoms with Gasteiger partial charge in [0.15, 0.2) is 0 Å². The van der Waals surface area contributed by atoms with Crippen LogP contribution in [0.5, 0.6) is 0 Å². The van der Waals surface area contributed by atoms with Crippen LogP contribution < -0.4 is 15.1 Å². The number of nitro benzene ring substituents is 1. The molecule has 2 aromatic carbocycles. The van der Waals surface area contributed by atoms with Crippen LogP contribution in [0.25, 0.3) is 0 Å². The molecule has 2 aliphatic heterocycles. The Bertz CT molecular complexity index is 922. The number of hydrogen-bond donors (Lipinski definition) is 1. The van der Waals surface area contributed by atoms with Gasteiger partial charge in [0, 0.05) is 69.7 Å². The number of piperazine rings is 1. The molecule has 0 unspecified atom stereocenters. The maximum Gasteiger partial charge on any atom is 0.292 e. The van der Waals surface area contributed by atoms with Crippen LogP contribution in [-0.2, 0) is 9.53 Å². The number of nitro groups is 1. The van der Waals surface area contributed by atoms with Gasteiger partial charge in [0.05, 0.1) is 18.1 Å². The third-order valence-electron chi connectivity index (χ3n) is 5.97. The predicted molar refractivity (Wildman–Crippen MR) is 124 cm³/mol. The maximum absolute atomic E-state index is 12.4. The van der Waals surface area contributed by atoms with Crippen LogP contribution in [0.3, 0.4) is 0 Å². The van der Waals surface area contributed by atoms with E-state index in [9.17, 15) is 14.9 Å². The number of nitrogens with zero attached hydrogens (tertiary/aromatic N) is 4. The molecule has 2 fully saturated rings. The fourth-order valence-electron chi connectivity index (χ4n) is 4.16. The molecule has 2 aromatic rings. The number of morpholine rings is 1. The van der Waals surface area contributed by atoms with Gasteiger partial charge in [0.25, 0.3) is 5.69 Å². The van der Waals surface area contributed by atoms with Gasteiger partial charge in [0.2, 0.25) is 5.91 Å². The highest BCUT2D eigenvalue weighted by molar-refractivity contribution is 5.91. The number of para-hydroxylation sites is 2. The summed E-state index contributed by atoms with van der Waals surface area (Å²) in [5.41, 5.74) is 2.74. The average molecular weight is 440 g/mol. The van der Waals surface area contributed by atoms with Gasteiger partial charge in [-0.1, -0.05) is 12.1 Å². The molecule has 0 saturated carbocycles. The molecule has 2 saturated heterocycles. The number of hydrogen-bond acceptors (Lipinski definition) is 7. The van der Waals surface area contributed by atoms with E-state index in [1.54, 1.807) is 18.2 Å². The Morgan fingerprint density at radius 1 is 0.938 bits per heavy atom. The smallest absolute Gasteiger partial charge is 0.292 e. The summed E-state index contributed by atoms with van der Waals surface area (Å²) < 4.78 is 5.39. The zero-order valence-electron chi connectivity index (χ0n) is 18.1. The van der Waals surface area contributed by atoms with Crippen molar-refractivity contribution in [3.63, 3.8) is 0 Å². The van der Waals surface area contributed by atoms with Crippen molar-refractivity contribution in [1.29, 1.82) is 0 Å². The van der Waals surface area contributed by atoms with Gasteiger partial charge in [-0.05, 0) is 30.3 Å². The van der Waals surface area contributed by atoms with Crippen molar-refractivity contribution >= 4 is 28.7 Å². The third-order valence-corrected chi connectivity index (χ3v) is 5.97. The zero-order chi connectivity index (χ0) is 22.3. The van der Waals surface area contributed by atoms with Crippen LogP contribution in [0.4, 0.5) is 22.7 Å². The monoisotopic (exact) mass is 439 g/mol. The second-order valence-corrected chi connectivity index (χ2v) is 8.02. The van der Waals surface area contributed by atoms with Crippen molar-refractivity contribution in [2.75, 3.05) is 74.1 Å². The van der Waals surface area contributed by atoms with Crippen LogP contribution in [-0.4, -0.2) is 74.8 Å². The molecule has 0 radical (unpaired) electrons. The summed E-state index contributed by atoms with van der Waals surface area (Å²) in [6.45, 7) is 6.88. The van der Waals surface area contributed by atoms with Crippen LogP contribution in [0, 0.1) is 10.1 Å². The van der Waals surface area contributed by atoms with Crippen molar-refractivity contribution in [2.45, 2.75) is 6.42 Å². The number of carbonyl (C=O) groups is 1. The minimum Gasteiger partial charge on any atom is -0.378 e. The fourth-order valence-corrected chi connectivity index (χ4v) is 4.16. The van der Waals surface area contributed by atoms with Crippen LogP contribution >= 0.6 is 0 Å². The van der Waals surface area contributed by atoms with E-state index in [1.165, 1.54) is 0 Å². The van der Waals surface area contributed by atoms with Gasteiger partial charge in [0.1, 0.15) is 5.69 Å². The van der Waals surface area contributed by atoms with Gasteiger partial charge < -0.3 is 19.9 Å². The number of rotatable bonds is 7. The quantitative estimate of drug-likeness (QED) is 0.524. The number of carbonyl (C=O) groups excluding carboxylic acids is 1. The maximum atomic E-state index is 12.4. The summed E-state index contributed by atoms with van der Waals surface area (Å²) in [6, 6.07) is 14.8. The Hall–Kier alpha value is -3.17. The summed E-state index contributed by atoms with van der Waals surface area (Å²) in [6.07, 6.45) is 0.413. The molecule has 9 heteroatoms. The zero-order valence-corrected chi connectivity index (χ0v) is 18.1. The normalized spacial score (nSPS) is 17.2. The van der Waals surface area contributed by atoms with E-state index in [4.69, 9.17) is 4.74 Å². The first-order valence-corrected chi connectivity index (χ1v) is 11.0. The van der Waals surface area contributed by atoms with Gasteiger partial charge in [-0.2, -0.15) is 0 Å². The molecule has 0 spiro atoms. The number of anilines is 3. The van der Waals surface area contributed by atoms with E-state index in [2.05, 4.69) is 15.1 Å². The lowest BCUT2D eigenvalue weighted by Crippen LogP contribution is -2.47. The Balaban J connectivity index is 1.21. The Labute approximate surface area is 187 Å². The SMILES string of the molecule is O=C(CCN1CCN(c2ccccc2[N+](=O)[O-])CC1)Nc1ccc(N2CCOCC2)cc1. The molecule has 9 nitrogen and oxygen atoms in total. The number of amides is 1. The average Bonchev–Trinajstić information content (AvgIpc) is 2.84. The number of benzene rings is 2. The minimum atomic E-state index is -0.334. The summed E-state index contributed by atoms with van der Waals surface area (Å²) >= 11 is 0. The minimum absolute atomic E-state index is 0.00903. The van der Waals surface area contributed by atoms with Crippen molar-refractivity contribution in [1.82, 2.24) is 4.90 Å². The van der Waals surface area contributed by atoms with Crippen molar-refractivity contribution in [3.05, 3.63) is 58.6 Å². The van der Waals surface area contributed by atoms with E-state index in [0.29, 0.717) is 31.7 Å². The van der Waals surface area contributed by atoms with Gasteiger partial charge in [-0.25, -0.2) is 0 Å². The molecule has 4 rings (SSSR count). The summed E-state index contributed by atoms with van der Waals surface area (Å²) in [5.74, 6) is -0.00903. The summed E-state index contributed by atoms with van der Waals surface area (Å²) in [4.78, 5) is 29.9. The van der Waals surface area contributed by atoms with Crippen molar-refractivity contribution < 1.29 is 14.5 Å². The first kappa shape index (κ1) is 22.0. The molecule has 2 aliphatic rings. The van der Waals surface area contributed by atoms with E-state index in [0.717, 1.165) is 50.8 Å². The lowest BCUT2D eigenvalue weighted by Gasteiger charge is -2.35. The first-order valence-electron chi connectivity index (χ1n) is 11.0. The number of ether oxygens (including phenoxy) is 1. The molecule has 0 aromatic heterocycles. The van der Waals surface area contributed by atoms with Crippen LogP contribution in [0.1, 0.15) is 6.42 Å². The topological polar surface area (TPSA) is 91.2 Å². The molecule has 0 aliphatic carbocycles.